The molecule has 3 nitrogen and oxygen atoms in total. The van der Waals surface area contributed by atoms with Crippen LogP contribution in [0.1, 0.15) is 31.1 Å². The molecule has 0 heterocycles. The summed E-state index contributed by atoms with van der Waals surface area (Å²) in [4.78, 5) is 10.6. The Balaban J connectivity index is 3.15. The number of halogens is 2. The van der Waals surface area contributed by atoms with Crippen molar-refractivity contribution in [3.8, 4) is 0 Å². The molecule has 0 aliphatic rings. The van der Waals surface area contributed by atoms with E-state index in [2.05, 4.69) is 0 Å². The highest BCUT2D eigenvalue weighted by Gasteiger charge is 2.23. The third kappa shape index (κ3) is 2.71. The second-order valence-corrected chi connectivity index (χ2v) is 4.36. The fraction of sp³-hybridized carbons (Fsp3) is 0.364. The molecule has 0 aliphatic heterocycles. The smallest absolute Gasteiger partial charge is 0.337 e. The number of benzene rings is 1. The van der Waals surface area contributed by atoms with E-state index in [-0.39, 0.29) is 10.6 Å². The molecule has 1 atom stereocenters. The lowest BCUT2D eigenvalue weighted by atomic mass is 9.97. The maximum Gasteiger partial charge on any atom is 0.337 e. The summed E-state index contributed by atoms with van der Waals surface area (Å²) in [5.41, 5.74) is -1.17. The topological polar surface area (TPSA) is 57.5 Å². The van der Waals surface area contributed by atoms with Gasteiger partial charge in [0.05, 0.1) is 0 Å². The van der Waals surface area contributed by atoms with Gasteiger partial charge < -0.3 is 10.2 Å². The minimum absolute atomic E-state index is 0.0399. The van der Waals surface area contributed by atoms with Crippen LogP contribution in [-0.4, -0.2) is 16.2 Å². The Hall–Kier alpha value is -1.13. The van der Waals surface area contributed by atoms with Crippen LogP contribution in [0.3, 0.4) is 0 Å². The van der Waals surface area contributed by atoms with Crippen molar-refractivity contribution in [2.24, 2.45) is 0 Å². The zero-order valence-electron chi connectivity index (χ0n) is 8.87. The Morgan fingerprint density at radius 2 is 2.06 bits per heavy atom. The first-order valence-electron chi connectivity index (χ1n) is 4.63. The SMILES string of the molecule is CC(C)(F)c1ccc(C(O)C(=O)O)c(Cl)c1. The Morgan fingerprint density at radius 1 is 1.50 bits per heavy atom. The zero-order valence-corrected chi connectivity index (χ0v) is 9.62. The number of alkyl halides is 1. The van der Waals surface area contributed by atoms with Crippen LogP contribution in [0.5, 0.6) is 0 Å². The average Bonchev–Trinajstić information content (AvgIpc) is 2.15. The van der Waals surface area contributed by atoms with Gasteiger partial charge in [-0.25, -0.2) is 9.18 Å². The fourth-order valence-electron chi connectivity index (χ4n) is 1.25. The van der Waals surface area contributed by atoms with E-state index < -0.39 is 17.7 Å². The second kappa shape index (κ2) is 4.39. The van der Waals surface area contributed by atoms with Crippen LogP contribution in [-0.2, 0) is 10.5 Å². The fourth-order valence-corrected chi connectivity index (χ4v) is 1.54. The van der Waals surface area contributed by atoms with E-state index in [1.54, 1.807) is 0 Å². The summed E-state index contributed by atoms with van der Waals surface area (Å²) in [6, 6.07) is 4.05. The van der Waals surface area contributed by atoms with Gasteiger partial charge in [-0.3, -0.25) is 0 Å². The number of carboxylic acid groups (broad SMARTS) is 1. The van der Waals surface area contributed by atoms with Crippen molar-refractivity contribution in [1.29, 1.82) is 0 Å². The molecule has 0 radical (unpaired) electrons. The minimum Gasteiger partial charge on any atom is -0.479 e. The molecule has 1 unspecified atom stereocenters. The molecule has 16 heavy (non-hydrogen) atoms. The van der Waals surface area contributed by atoms with Crippen LogP contribution >= 0.6 is 11.6 Å². The molecular formula is C11H12ClFO3. The van der Waals surface area contributed by atoms with Crippen LogP contribution in [0.15, 0.2) is 18.2 Å². The summed E-state index contributed by atoms with van der Waals surface area (Å²) in [5.74, 6) is -1.39. The van der Waals surface area contributed by atoms with E-state index in [0.717, 1.165) is 0 Å². The van der Waals surface area contributed by atoms with Crippen LogP contribution in [0.2, 0.25) is 5.02 Å². The van der Waals surface area contributed by atoms with Gasteiger partial charge in [-0.2, -0.15) is 0 Å². The molecule has 0 aromatic heterocycles. The lowest BCUT2D eigenvalue weighted by Crippen LogP contribution is -2.13. The second-order valence-electron chi connectivity index (χ2n) is 3.95. The maximum absolute atomic E-state index is 13.6. The Kier molecular flexibility index (Phi) is 3.55. The number of hydrogen-bond acceptors (Lipinski definition) is 2. The van der Waals surface area contributed by atoms with Gasteiger partial charge in [0.2, 0.25) is 0 Å². The number of aliphatic hydroxyl groups excluding tert-OH is 1. The summed E-state index contributed by atoms with van der Waals surface area (Å²) >= 11 is 5.78. The highest BCUT2D eigenvalue weighted by molar-refractivity contribution is 6.31. The van der Waals surface area contributed by atoms with E-state index >= 15 is 0 Å². The van der Waals surface area contributed by atoms with Crippen molar-refractivity contribution in [1.82, 2.24) is 0 Å². The predicted octanol–water partition coefficient (Wildman–Crippen LogP) is 2.66. The van der Waals surface area contributed by atoms with Gasteiger partial charge >= 0.3 is 5.97 Å². The Bertz CT molecular complexity index is 412. The lowest BCUT2D eigenvalue weighted by Gasteiger charge is -2.16. The number of rotatable bonds is 3. The van der Waals surface area contributed by atoms with E-state index in [1.807, 2.05) is 0 Å². The molecule has 2 N–H and O–H groups in total. The van der Waals surface area contributed by atoms with Gasteiger partial charge in [-0.15, -0.1) is 0 Å². The van der Waals surface area contributed by atoms with Crippen LogP contribution in [0, 0.1) is 0 Å². The molecule has 1 aromatic carbocycles. The van der Waals surface area contributed by atoms with E-state index in [9.17, 15) is 14.3 Å². The number of aliphatic hydroxyl groups is 1. The first kappa shape index (κ1) is 12.9. The first-order chi connectivity index (χ1) is 7.23. The van der Waals surface area contributed by atoms with E-state index in [0.29, 0.717) is 5.56 Å². The van der Waals surface area contributed by atoms with Crippen molar-refractivity contribution in [2.75, 3.05) is 0 Å². The third-order valence-corrected chi connectivity index (χ3v) is 2.54. The molecule has 88 valence electrons. The number of carbonyl (C=O) groups is 1. The van der Waals surface area contributed by atoms with Gasteiger partial charge in [0.25, 0.3) is 0 Å². The highest BCUT2D eigenvalue weighted by atomic mass is 35.5. The summed E-state index contributed by atoms with van der Waals surface area (Å²) in [7, 11) is 0. The number of aliphatic carboxylic acids is 1. The molecule has 0 fully saturated rings. The molecule has 0 saturated heterocycles. The van der Waals surface area contributed by atoms with Crippen LogP contribution in [0.4, 0.5) is 4.39 Å². The molecule has 0 amide bonds. The van der Waals surface area contributed by atoms with Gasteiger partial charge in [0, 0.05) is 10.6 Å². The van der Waals surface area contributed by atoms with E-state index in [4.69, 9.17) is 16.7 Å². The van der Waals surface area contributed by atoms with Crippen molar-refractivity contribution in [3.05, 3.63) is 34.3 Å². The van der Waals surface area contributed by atoms with E-state index in [1.165, 1.54) is 32.0 Å². The molecule has 1 rings (SSSR count). The van der Waals surface area contributed by atoms with Gasteiger partial charge in [0.15, 0.2) is 6.10 Å². The summed E-state index contributed by atoms with van der Waals surface area (Å²) in [6.45, 7) is 2.73. The standard InChI is InChI=1S/C11H12ClFO3/c1-11(2,13)6-3-4-7(8(12)5-6)9(14)10(15)16/h3-5,9,14H,1-2H3,(H,15,16). The number of hydrogen-bond donors (Lipinski definition) is 2. The zero-order chi connectivity index (χ0) is 12.5. The Morgan fingerprint density at radius 3 is 2.44 bits per heavy atom. The summed E-state index contributed by atoms with van der Waals surface area (Å²) in [6.07, 6.45) is -1.69. The predicted molar refractivity (Wildman–Crippen MR) is 58.2 cm³/mol. The van der Waals surface area contributed by atoms with Gasteiger partial charge in [-0.05, 0) is 25.5 Å². The van der Waals surface area contributed by atoms with Crippen molar-refractivity contribution < 1.29 is 19.4 Å². The summed E-state index contributed by atoms with van der Waals surface area (Å²) < 4.78 is 13.6. The molecule has 0 bridgehead atoms. The molecular weight excluding hydrogens is 235 g/mol. The van der Waals surface area contributed by atoms with Gasteiger partial charge in [0.1, 0.15) is 5.67 Å². The Labute approximate surface area is 97.5 Å². The quantitative estimate of drug-likeness (QED) is 0.862. The molecule has 5 heteroatoms. The van der Waals surface area contributed by atoms with Crippen molar-refractivity contribution >= 4 is 17.6 Å². The highest BCUT2D eigenvalue weighted by Crippen LogP contribution is 2.31. The molecule has 1 aromatic rings. The molecule has 0 aliphatic carbocycles. The monoisotopic (exact) mass is 246 g/mol. The molecule has 0 saturated carbocycles. The molecule has 0 spiro atoms. The average molecular weight is 247 g/mol. The third-order valence-electron chi connectivity index (χ3n) is 2.22. The number of carboxylic acids is 1. The normalized spacial score (nSPS) is 13.6. The maximum atomic E-state index is 13.6. The largest absolute Gasteiger partial charge is 0.479 e. The van der Waals surface area contributed by atoms with Gasteiger partial charge in [-0.1, -0.05) is 23.7 Å². The van der Waals surface area contributed by atoms with Crippen LogP contribution < -0.4 is 0 Å². The van der Waals surface area contributed by atoms with Crippen LogP contribution in [0.25, 0.3) is 0 Å². The van der Waals surface area contributed by atoms with Crippen molar-refractivity contribution in [2.45, 2.75) is 25.6 Å². The lowest BCUT2D eigenvalue weighted by molar-refractivity contribution is -0.146. The first-order valence-corrected chi connectivity index (χ1v) is 5.01. The van der Waals surface area contributed by atoms with Crippen molar-refractivity contribution in [3.63, 3.8) is 0 Å². The minimum atomic E-state index is -1.69. The summed E-state index contributed by atoms with van der Waals surface area (Å²) in [5, 5.41) is 17.9.